The van der Waals surface area contributed by atoms with E-state index < -0.39 is 0 Å². The zero-order valence-corrected chi connectivity index (χ0v) is 5.82. The van der Waals surface area contributed by atoms with Gasteiger partial charge in [-0.1, -0.05) is 0 Å². The van der Waals surface area contributed by atoms with Crippen LogP contribution < -0.4 is 0 Å². The number of Topliss-reactive ketones (excluding diaryl/α,β-unsaturated/α-hetero) is 1. The molecule has 0 heterocycles. The van der Waals surface area contributed by atoms with Gasteiger partial charge < -0.3 is 4.79 Å². The SMILES string of the molecule is CC(C)=O.N#CBr. The van der Waals surface area contributed by atoms with E-state index in [2.05, 4.69) is 15.9 Å². The number of carbonyl (C=O) groups is 1. The summed E-state index contributed by atoms with van der Waals surface area (Å²) in [5.41, 5.74) is 0. The third-order valence-corrected chi connectivity index (χ3v) is 0. The molecule has 40 valence electrons. The molecule has 3 heteroatoms. The van der Waals surface area contributed by atoms with Crippen LogP contribution in [0, 0.1) is 10.2 Å². The van der Waals surface area contributed by atoms with Gasteiger partial charge in [0.05, 0.1) is 0 Å². The van der Waals surface area contributed by atoms with Gasteiger partial charge in [0.25, 0.3) is 0 Å². The Bertz CT molecular complexity index is 80.2. The third kappa shape index (κ3) is 577. The summed E-state index contributed by atoms with van der Waals surface area (Å²) in [6.45, 7) is 3.06. The average Bonchev–Trinajstić information content (AvgIpc) is 1.33. The second-order valence-corrected chi connectivity index (χ2v) is 1.35. The van der Waals surface area contributed by atoms with Gasteiger partial charge in [0.15, 0.2) is 0 Å². The zero-order valence-electron chi connectivity index (χ0n) is 4.23. The van der Waals surface area contributed by atoms with E-state index in [1.807, 2.05) is 0 Å². The van der Waals surface area contributed by atoms with Crippen molar-refractivity contribution in [3.8, 4) is 4.98 Å². The minimum absolute atomic E-state index is 0.167. The zero-order chi connectivity index (χ0) is 6.28. The van der Waals surface area contributed by atoms with E-state index in [0.717, 1.165) is 0 Å². The predicted octanol–water partition coefficient (Wildman–Crippen LogP) is 1.46. The molecule has 0 rings (SSSR count). The molecule has 0 aromatic carbocycles. The maximum atomic E-state index is 9.44. The van der Waals surface area contributed by atoms with Gasteiger partial charge in [-0.15, -0.1) is 0 Å². The molecule has 0 aliphatic rings. The van der Waals surface area contributed by atoms with Gasteiger partial charge in [0, 0.05) is 15.9 Å². The van der Waals surface area contributed by atoms with Crippen molar-refractivity contribution in [2.24, 2.45) is 0 Å². The first kappa shape index (κ1) is 9.81. The van der Waals surface area contributed by atoms with Crippen molar-refractivity contribution in [3.63, 3.8) is 0 Å². The molecule has 0 N–H and O–H groups in total. The fourth-order valence-electron chi connectivity index (χ4n) is 0. The van der Waals surface area contributed by atoms with Crippen LogP contribution in [0.15, 0.2) is 0 Å². The van der Waals surface area contributed by atoms with E-state index in [1.165, 1.54) is 13.8 Å². The quantitative estimate of drug-likeness (QED) is 0.543. The van der Waals surface area contributed by atoms with E-state index in [-0.39, 0.29) is 5.78 Å². The number of rotatable bonds is 0. The van der Waals surface area contributed by atoms with Gasteiger partial charge in [-0.3, -0.25) is 0 Å². The first-order chi connectivity index (χ1) is 3.15. The lowest BCUT2D eigenvalue weighted by molar-refractivity contribution is -0.114. The summed E-state index contributed by atoms with van der Waals surface area (Å²) in [6, 6.07) is 0. The highest BCUT2D eigenvalue weighted by molar-refractivity contribution is 9.12. The van der Waals surface area contributed by atoms with Crippen molar-refractivity contribution in [2.45, 2.75) is 13.8 Å². The maximum Gasteiger partial charge on any atom is 0.142 e. The molecule has 0 saturated heterocycles. The number of nitrogens with zero attached hydrogens (tertiary/aromatic N) is 1. The van der Waals surface area contributed by atoms with Crippen molar-refractivity contribution in [1.82, 2.24) is 0 Å². The third-order valence-electron chi connectivity index (χ3n) is 0. The highest BCUT2D eigenvalue weighted by Crippen LogP contribution is 1.58. The van der Waals surface area contributed by atoms with E-state index in [9.17, 15) is 4.79 Å². The van der Waals surface area contributed by atoms with Crippen LogP contribution in [0.1, 0.15) is 13.8 Å². The maximum absolute atomic E-state index is 9.44. The Morgan fingerprint density at radius 1 is 1.71 bits per heavy atom. The van der Waals surface area contributed by atoms with Gasteiger partial charge in [-0.25, -0.2) is 0 Å². The first-order valence-corrected chi connectivity index (χ1v) is 2.41. The van der Waals surface area contributed by atoms with Crippen molar-refractivity contribution in [2.75, 3.05) is 0 Å². The lowest BCUT2D eigenvalue weighted by atomic mass is 10.6. The predicted molar refractivity (Wildman–Crippen MR) is 30.9 cm³/mol. The number of nitriles is 1. The molecular formula is C4H6BrNO. The molecule has 0 bridgehead atoms. The fourth-order valence-corrected chi connectivity index (χ4v) is 0. The standard InChI is InChI=1S/C3H6O.CBrN/c1-3(2)4;2-1-3/h1-2H3;. The number of hydrogen-bond acceptors (Lipinski definition) is 2. The van der Waals surface area contributed by atoms with Crippen LogP contribution in [0.4, 0.5) is 0 Å². The van der Waals surface area contributed by atoms with E-state index >= 15 is 0 Å². The molecule has 0 amide bonds. The van der Waals surface area contributed by atoms with E-state index in [1.54, 1.807) is 4.98 Å². The Balaban J connectivity index is 0. The number of hydrogen-bond donors (Lipinski definition) is 0. The minimum atomic E-state index is 0.167. The number of halogens is 1. The van der Waals surface area contributed by atoms with Crippen LogP contribution >= 0.6 is 15.9 Å². The van der Waals surface area contributed by atoms with Crippen molar-refractivity contribution in [1.29, 1.82) is 5.26 Å². The van der Waals surface area contributed by atoms with Gasteiger partial charge >= 0.3 is 0 Å². The molecule has 0 aromatic heterocycles. The van der Waals surface area contributed by atoms with Crippen LogP contribution in [0.5, 0.6) is 0 Å². The molecule has 0 aromatic rings. The molecule has 0 aliphatic heterocycles. The second kappa shape index (κ2) is 9.16. The smallest absolute Gasteiger partial charge is 0.142 e. The van der Waals surface area contributed by atoms with Crippen molar-refractivity contribution >= 4 is 21.7 Å². The fraction of sp³-hybridized carbons (Fsp3) is 0.500. The molecule has 0 aliphatic carbocycles. The summed E-state index contributed by atoms with van der Waals surface area (Å²) in [4.78, 5) is 11.0. The summed E-state index contributed by atoms with van der Waals surface area (Å²) in [6.07, 6.45) is 0. The van der Waals surface area contributed by atoms with Crippen molar-refractivity contribution in [3.05, 3.63) is 0 Å². The summed E-state index contributed by atoms with van der Waals surface area (Å²) in [5, 5.41) is 7.24. The van der Waals surface area contributed by atoms with E-state index in [0.29, 0.717) is 0 Å². The first-order valence-electron chi connectivity index (χ1n) is 1.62. The van der Waals surface area contributed by atoms with Gasteiger partial charge in [-0.2, -0.15) is 5.26 Å². The average molecular weight is 164 g/mol. The van der Waals surface area contributed by atoms with Crippen LogP contribution in [0.2, 0.25) is 0 Å². The molecular weight excluding hydrogens is 158 g/mol. The Morgan fingerprint density at radius 2 is 1.71 bits per heavy atom. The molecule has 0 fully saturated rings. The normalized spacial score (nSPS) is 4.86. The van der Waals surface area contributed by atoms with Crippen LogP contribution in [0.3, 0.4) is 0 Å². The van der Waals surface area contributed by atoms with Crippen molar-refractivity contribution < 1.29 is 4.79 Å². The number of ketones is 1. The van der Waals surface area contributed by atoms with Crippen LogP contribution in [-0.4, -0.2) is 5.78 Å². The Kier molecular flexibility index (Phi) is 12.8. The molecule has 0 radical (unpaired) electrons. The lowest BCUT2D eigenvalue weighted by Crippen LogP contribution is -1.69. The summed E-state index contributed by atoms with van der Waals surface area (Å²) in [5.74, 6) is 0.167. The Hall–Kier alpha value is -0.360. The minimum Gasteiger partial charge on any atom is -0.300 e. The summed E-state index contributed by atoms with van der Waals surface area (Å²) < 4.78 is 0. The highest BCUT2D eigenvalue weighted by Gasteiger charge is 1.62. The van der Waals surface area contributed by atoms with Gasteiger partial charge in [0.1, 0.15) is 10.8 Å². The van der Waals surface area contributed by atoms with Crippen LogP contribution in [0.25, 0.3) is 0 Å². The monoisotopic (exact) mass is 163 g/mol. The van der Waals surface area contributed by atoms with E-state index in [4.69, 9.17) is 5.26 Å². The molecule has 7 heavy (non-hydrogen) atoms. The Labute approximate surface area is 51.3 Å². The van der Waals surface area contributed by atoms with Crippen LogP contribution in [-0.2, 0) is 4.79 Å². The van der Waals surface area contributed by atoms with Gasteiger partial charge in [0.2, 0.25) is 0 Å². The molecule has 2 nitrogen and oxygen atoms in total. The number of carbonyl (C=O) groups excluding carboxylic acids is 1. The largest absolute Gasteiger partial charge is 0.300 e. The molecule has 0 atom stereocenters. The topological polar surface area (TPSA) is 40.9 Å². The summed E-state index contributed by atoms with van der Waals surface area (Å²) >= 11 is 2.45. The van der Waals surface area contributed by atoms with Gasteiger partial charge in [-0.05, 0) is 13.8 Å². The highest BCUT2D eigenvalue weighted by atomic mass is 79.9. The lowest BCUT2D eigenvalue weighted by Gasteiger charge is -1.56. The molecule has 0 saturated carbocycles. The molecule has 0 unspecified atom stereocenters. The second-order valence-electron chi connectivity index (χ2n) is 0.993. The summed E-state index contributed by atoms with van der Waals surface area (Å²) in [7, 11) is 0. The Morgan fingerprint density at radius 3 is 1.71 bits per heavy atom. The molecule has 0 spiro atoms.